The first-order chi connectivity index (χ1) is 13.3. The van der Waals surface area contributed by atoms with Crippen LogP contribution in [0.15, 0.2) is 54.6 Å². The minimum atomic E-state index is 0. The summed E-state index contributed by atoms with van der Waals surface area (Å²) in [7, 11) is 1.72. The van der Waals surface area contributed by atoms with E-state index in [0.29, 0.717) is 6.04 Å². The molecule has 2 nitrogen and oxygen atoms in total. The number of unbranched alkanes of at least 4 members (excludes halogenated alkanes) is 7. The van der Waals surface area contributed by atoms with Crippen LogP contribution in [0.25, 0.3) is 0 Å². The average molecular weight is 371 g/mol. The van der Waals surface area contributed by atoms with E-state index in [1.165, 1.54) is 69.0 Å². The fourth-order valence-electron chi connectivity index (χ4n) is 3.97. The van der Waals surface area contributed by atoms with Gasteiger partial charge in [-0.25, -0.2) is 6.04 Å². The van der Waals surface area contributed by atoms with Crippen LogP contribution in [0.1, 0.15) is 76.3 Å². The molecule has 1 atom stereocenters. The monoisotopic (exact) mass is 371 g/mol. The topological polar surface area (TPSA) is 12.2 Å². The summed E-state index contributed by atoms with van der Waals surface area (Å²) in [5, 5.41) is 0. The van der Waals surface area contributed by atoms with Crippen molar-refractivity contribution in [3.63, 3.8) is 0 Å². The zero-order chi connectivity index (χ0) is 18.9. The van der Waals surface area contributed by atoms with Crippen molar-refractivity contribution in [1.29, 1.82) is 0 Å². The molecule has 0 aromatic heterocycles. The van der Waals surface area contributed by atoms with Crippen LogP contribution in [0.3, 0.4) is 0 Å². The molecule has 3 rings (SSSR count). The Morgan fingerprint density at radius 3 is 2.04 bits per heavy atom. The van der Waals surface area contributed by atoms with Gasteiger partial charge in [0.25, 0.3) is 0 Å². The molecule has 1 aliphatic heterocycles. The van der Waals surface area contributed by atoms with Gasteiger partial charge in [-0.2, -0.15) is 6.42 Å². The molecular weight excluding hydrogens is 337 g/mol. The van der Waals surface area contributed by atoms with Crippen LogP contribution in [0, 0.1) is 6.04 Å². The van der Waals surface area contributed by atoms with Gasteiger partial charge in [-0.05, 0) is 24.3 Å². The first-order valence-electron chi connectivity index (χ1n) is 10.7. The number of nitrogens with zero attached hydrogens (tertiary/aromatic N) is 1. The maximum atomic E-state index is 5.31. The van der Waals surface area contributed by atoms with E-state index in [1.807, 2.05) is 0 Å². The van der Waals surface area contributed by atoms with E-state index in [0.717, 1.165) is 5.75 Å². The van der Waals surface area contributed by atoms with E-state index in [1.54, 1.807) is 13.2 Å². The second-order valence-electron chi connectivity index (χ2n) is 7.60. The Kier molecular flexibility index (Phi) is 10.0. The predicted molar refractivity (Wildman–Crippen MR) is 115 cm³/mol. The van der Waals surface area contributed by atoms with Crippen LogP contribution in [-0.2, 0) is 0 Å². The van der Waals surface area contributed by atoms with Gasteiger partial charge in [0, 0.05) is 5.69 Å². The number of ether oxygens (including phenoxy) is 1. The standard InChI is InChI=1S/C25H34NO.Li/c1-3-4-5-6-7-8-9-13-16-24-25(21-14-11-10-12-15-21)26(24)22-17-19-23(27-2)20-18-22;/h10-12,14-15,17-20,25H,3-9,13,16H2,1-2H3;/q-1;+1/t25-,26?;/m1./s1. The van der Waals surface area contributed by atoms with Gasteiger partial charge < -0.3 is 9.64 Å². The quantitative estimate of drug-likeness (QED) is 0.238. The molecule has 0 amide bonds. The number of methoxy groups -OCH3 is 1. The SMILES string of the molecule is CCCCCCCCCC[C-]1[C@@H](c2ccccc2)N1c1ccc(OC)cc1.[Li+]. The fraction of sp³-hybridized carbons (Fsp3) is 0.480. The third-order valence-electron chi connectivity index (χ3n) is 5.57. The fourth-order valence-corrected chi connectivity index (χ4v) is 3.97. The Morgan fingerprint density at radius 1 is 0.821 bits per heavy atom. The van der Waals surface area contributed by atoms with Crippen LogP contribution < -0.4 is 28.5 Å². The second-order valence-corrected chi connectivity index (χ2v) is 7.60. The Bertz CT molecular complexity index is 658. The molecule has 1 fully saturated rings. The third kappa shape index (κ3) is 6.33. The molecule has 0 aliphatic carbocycles. The van der Waals surface area contributed by atoms with Gasteiger partial charge in [-0.15, -0.1) is 0 Å². The summed E-state index contributed by atoms with van der Waals surface area (Å²) in [5.41, 5.74) is 2.68. The maximum Gasteiger partial charge on any atom is 1.00 e. The van der Waals surface area contributed by atoms with Gasteiger partial charge >= 0.3 is 18.9 Å². The molecule has 0 N–H and O–H groups in total. The number of hydrogen-bond donors (Lipinski definition) is 0. The van der Waals surface area contributed by atoms with E-state index in [2.05, 4.69) is 66.4 Å². The average Bonchev–Trinajstić information content (AvgIpc) is 3.45. The molecule has 0 saturated carbocycles. The normalized spacial score (nSPS) is 15.9. The van der Waals surface area contributed by atoms with Gasteiger partial charge in [0.1, 0.15) is 5.75 Å². The summed E-state index contributed by atoms with van der Waals surface area (Å²) in [6, 6.07) is 21.4. The van der Waals surface area contributed by atoms with Crippen molar-refractivity contribution in [1.82, 2.24) is 0 Å². The zero-order valence-corrected chi connectivity index (χ0v) is 18.0. The third-order valence-corrected chi connectivity index (χ3v) is 5.57. The molecule has 1 heterocycles. The largest absolute Gasteiger partial charge is 1.00 e. The minimum absolute atomic E-state index is 0. The molecule has 2 aromatic carbocycles. The molecule has 0 bridgehead atoms. The van der Waals surface area contributed by atoms with Crippen LogP contribution >= 0.6 is 0 Å². The molecule has 0 unspecified atom stereocenters. The summed E-state index contributed by atoms with van der Waals surface area (Å²) >= 11 is 0. The van der Waals surface area contributed by atoms with E-state index >= 15 is 0 Å². The molecule has 2 aromatic rings. The first-order valence-corrected chi connectivity index (χ1v) is 10.7. The van der Waals surface area contributed by atoms with Gasteiger partial charge in [-0.3, -0.25) is 0 Å². The number of rotatable bonds is 12. The van der Waals surface area contributed by atoms with Crippen molar-refractivity contribution in [3.8, 4) is 5.75 Å². The van der Waals surface area contributed by atoms with Crippen LogP contribution in [-0.4, -0.2) is 7.11 Å². The molecule has 146 valence electrons. The van der Waals surface area contributed by atoms with Crippen LogP contribution in [0.4, 0.5) is 5.69 Å². The second kappa shape index (κ2) is 12.3. The Morgan fingerprint density at radius 2 is 1.43 bits per heavy atom. The van der Waals surface area contributed by atoms with Gasteiger partial charge in [-0.1, -0.05) is 100 Å². The molecule has 28 heavy (non-hydrogen) atoms. The van der Waals surface area contributed by atoms with Crippen molar-refractivity contribution in [2.24, 2.45) is 0 Å². The summed E-state index contributed by atoms with van der Waals surface area (Å²) in [4.78, 5) is 2.50. The van der Waals surface area contributed by atoms with E-state index in [-0.39, 0.29) is 18.9 Å². The van der Waals surface area contributed by atoms with E-state index < -0.39 is 0 Å². The first kappa shape index (κ1) is 22.9. The molecule has 0 spiro atoms. The summed E-state index contributed by atoms with van der Waals surface area (Å²) in [6.07, 6.45) is 12.2. The Balaban J connectivity index is 0.00000280. The van der Waals surface area contributed by atoms with Crippen molar-refractivity contribution in [2.45, 2.75) is 70.8 Å². The maximum absolute atomic E-state index is 5.31. The number of anilines is 1. The van der Waals surface area contributed by atoms with Crippen LogP contribution in [0.2, 0.25) is 0 Å². The van der Waals surface area contributed by atoms with Crippen molar-refractivity contribution in [3.05, 3.63) is 66.2 Å². The Labute approximate surface area is 183 Å². The summed E-state index contributed by atoms with van der Waals surface area (Å²) in [6.45, 7) is 2.28. The van der Waals surface area contributed by atoms with E-state index in [4.69, 9.17) is 4.74 Å². The van der Waals surface area contributed by atoms with E-state index in [9.17, 15) is 0 Å². The molecule has 0 radical (unpaired) electrons. The van der Waals surface area contributed by atoms with Crippen LogP contribution in [0.5, 0.6) is 5.75 Å². The summed E-state index contributed by atoms with van der Waals surface area (Å²) in [5.74, 6) is 0.918. The van der Waals surface area contributed by atoms with Gasteiger partial charge in [0.05, 0.1) is 7.11 Å². The molecule has 1 saturated heterocycles. The smallest absolute Gasteiger partial charge is 0.534 e. The zero-order valence-electron chi connectivity index (χ0n) is 18.0. The number of benzene rings is 2. The number of hydrogen-bond acceptors (Lipinski definition) is 2. The molecule has 3 heteroatoms. The Hall–Kier alpha value is -1.36. The van der Waals surface area contributed by atoms with Gasteiger partial charge in [0.2, 0.25) is 0 Å². The molecular formula is C25H34LiNO. The minimum Gasteiger partial charge on any atom is -0.534 e. The summed E-state index contributed by atoms with van der Waals surface area (Å²) < 4.78 is 5.31. The predicted octanol–water partition coefficient (Wildman–Crippen LogP) is 4.32. The van der Waals surface area contributed by atoms with Gasteiger partial charge in [0.15, 0.2) is 0 Å². The van der Waals surface area contributed by atoms with Crippen molar-refractivity contribution < 1.29 is 23.6 Å². The van der Waals surface area contributed by atoms with Crippen molar-refractivity contribution >= 4 is 5.69 Å². The van der Waals surface area contributed by atoms with Crippen molar-refractivity contribution in [2.75, 3.05) is 12.0 Å². The molecule has 1 aliphatic rings.